The molecule has 0 atom stereocenters. The molecule has 8 heteroatoms. The van der Waals surface area contributed by atoms with Gasteiger partial charge in [-0.1, -0.05) is 36.4 Å². The predicted octanol–water partition coefficient (Wildman–Crippen LogP) is 7.32. The third-order valence-electron chi connectivity index (χ3n) is 4.37. The van der Waals surface area contributed by atoms with Gasteiger partial charge < -0.3 is 0 Å². The Hall–Kier alpha value is -2.38. The normalized spacial score (nSPS) is 18.1. The lowest BCUT2D eigenvalue weighted by atomic mass is 10.1. The molecule has 3 nitrogen and oxygen atoms in total. The van der Waals surface area contributed by atoms with E-state index in [-0.39, 0.29) is 35.7 Å². The van der Waals surface area contributed by atoms with E-state index >= 15 is 0 Å². The van der Waals surface area contributed by atoms with Gasteiger partial charge in [-0.15, -0.1) is 0 Å². The molecule has 0 fully saturated rings. The Morgan fingerprint density at radius 1 is 1.31 bits per heavy atom. The van der Waals surface area contributed by atoms with Crippen LogP contribution in [0.1, 0.15) is 19.8 Å². The van der Waals surface area contributed by atoms with Gasteiger partial charge in [-0.3, -0.25) is 4.90 Å². The number of para-hydroxylation sites is 1. The first kappa shape index (κ1) is 21.3. The number of nitrogens with zero attached hydrogens (tertiary/aromatic N) is 2. The zero-order valence-electron chi connectivity index (χ0n) is 15.6. The van der Waals surface area contributed by atoms with E-state index in [0.29, 0.717) is 10.6 Å². The summed E-state index contributed by atoms with van der Waals surface area (Å²) < 4.78 is 43.4. The second-order valence-electron chi connectivity index (χ2n) is 6.33. The Morgan fingerprint density at radius 2 is 2.03 bits per heavy atom. The molecule has 1 aromatic carbocycles. The summed E-state index contributed by atoms with van der Waals surface area (Å²) >= 11 is 7.16. The first-order valence-electron chi connectivity index (χ1n) is 8.83. The van der Waals surface area contributed by atoms with Crippen molar-refractivity contribution in [2.75, 3.05) is 11.4 Å². The van der Waals surface area contributed by atoms with Crippen LogP contribution < -0.4 is 4.90 Å². The van der Waals surface area contributed by atoms with Gasteiger partial charge in [-0.2, -0.15) is 0 Å². The first-order valence-corrected chi connectivity index (χ1v) is 9.98. The smallest absolute Gasteiger partial charge is 0.288 e. The average molecular weight is 439 g/mol. The van der Waals surface area contributed by atoms with E-state index < -0.39 is 23.5 Å². The van der Waals surface area contributed by atoms with Crippen molar-refractivity contribution in [1.29, 1.82) is 0 Å². The van der Waals surface area contributed by atoms with Crippen LogP contribution in [0.4, 0.5) is 23.7 Å². The number of anilines is 1. The molecule has 0 saturated heterocycles. The lowest BCUT2D eigenvalue weighted by molar-refractivity contribution is 0.236. The van der Waals surface area contributed by atoms with E-state index in [0.717, 1.165) is 22.3 Å². The van der Waals surface area contributed by atoms with E-state index in [1.54, 1.807) is 37.3 Å². The number of carbonyl (C=O) groups is 1. The third-order valence-corrected chi connectivity index (χ3v) is 5.80. The minimum Gasteiger partial charge on any atom is -0.288 e. The van der Waals surface area contributed by atoms with Crippen LogP contribution in [-0.4, -0.2) is 16.9 Å². The standard InChI is InChI=1S/C21H18ClF3N2OS/c1-3-6-16(22)15(13(2)23)12-26-18-7-4-5-8-20(18)29-27(21(26)28)19-11-14(24)9-10-17(19)25/h3-8,11H,2,9-10,12H2,1H3/b6-3-,16-15+. The van der Waals surface area contributed by atoms with E-state index in [1.807, 2.05) is 0 Å². The van der Waals surface area contributed by atoms with E-state index in [2.05, 4.69) is 6.58 Å². The highest BCUT2D eigenvalue weighted by Crippen LogP contribution is 2.44. The summed E-state index contributed by atoms with van der Waals surface area (Å²) in [6, 6.07) is 6.30. The van der Waals surface area contributed by atoms with E-state index in [1.165, 1.54) is 11.0 Å². The molecule has 1 aliphatic carbocycles. The zero-order valence-corrected chi connectivity index (χ0v) is 17.2. The van der Waals surface area contributed by atoms with Gasteiger partial charge in [-0.25, -0.2) is 22.3 Å². The van der Waals surface area contributed by atoms with Crippen LogP contribution in [0.3, 0.4) is 0 Å². The monoisotopic (exact) mass is 438 g/mol. The molecule has 152 valence electrons. The van der Waals surface area contributed by atoms with Crippen molar-refractivity contribution in [1.82, 2.24) is 4.31 Å². The molecule has 2 aliphatic rings. The number of urea groups is 1. The van der Waals surface area contributed by atoms with Crippen molar-refractivity contribution in [2.45, 2.75) is 24.7 Å². The highest BCUT2D eigenvalue weighted by Gasteiger charge is 2.36. The van der Waals surface area contributed by atoms with Crippen molar-refractivity contribution in [2.24, 2.45) is 0 Å². The third kappa shape index (κ3) is 4.46. The molecular weight excluding hydrogens is 421 g/mol. The molecule has 0 bridgehead atoms. The van der Waals surface area contributed by atoms with Crippen molar-refractivity contribution in [3.63, 3.8) is 0 Å². The molecule has 0 spiro atoms. The number of halogens is 4. The highest BCUT2D eigenvalue weighted by molar-refractivity contribution is 7.98. The summed E-state index contributed by atoms with van der Waals surface area (Å²) in [5.74, 6) is -1.87. The minimum absolute atomic E-state index is 0.0274. The van der Waals surface area contributed by atoms with Gasteiger partial charge in [0.15, 0.2) is 0 Å². The molecule has 2 amide bonds. The quantitative estimate of drug-likeness (QED) is 0.355. The minimum atomic E-state index is -0.780. The fourth-order valence-electron chi connectivity index (χ4n) is 2.93. The molecule has 3 rings (SSSR count). The van der Waals surface area contributed by atoms with Crippen LogP contribution in [-0.2, 0) is 0 Å². The Kier molecular flexibility index (Phi) is 6.59. The average Bonchev–Trinajstić information content (AvgIpc) is 2.68. The molecule has 0 aromatic heterocycles. The second-order valence-corrected chi connectivity index (χ2v) is 7.73. The highest BCUT2D eigenvalue weighted by atomic mass is 35.5. The maximum Gasteiger partial charge on any atom is 0.339 e. The topological polar surface area (TPSA) is 23.6 Å². The predicted molar refractivity (Wildman–Crippen MR) is 111 cm³/mol. The van der Waals surface area contributed by atoms with Crippen LogP contribution in [0.15, 0.2) is 87.8 Å². The molecule has 0 saturated carbocycles. The number of benzene rings is 1. The summed E-state index contributed by atoms with van der Waals surface area (Å²) in [7, 11) is 0. The lowest BCUT2D eigenvalue weighted by Gasteiger charge is -2.37. The lowest BCUT2D eigenvalue weighted by Crippen LogP contribution is -2.44. The number of rotatable bonds is 5. The number of hydrogen-bond donors (Lipinski definition) is 0. The molecule has 1 aromatic rings. The summed E-state index contributed by atoms with van der Waals surface area (Å²) in [4.78, 5) is 15.1. The maximum absolute atomic E-state index is 14.4. The summed E-state index contributed by atoms with van der Waals surface area (Å²) in [6.45, 7) is 4.81. The Morgan fingerprint density at radius 3 is 2.72 bits per heavy atom. The van der Waals surface area contributed by atoms with Gasteiger partial charge in [0.25, 0.3) is 0 Å². The number of hydrogen-bond acceptors (Lipinski definition) is 2. The number of carbonyl (C=O) groups excluding carboxylic acids is 1. The van der Waals surface area contributed by atoms with Gasteiger partial charge >= 0.3 is 6.03 Å². The maximum atomic E-state index is 14.4. The SMILES string of the molecule is C=C(F)/C(CN1C(=O)N(C2=C(F)CCC(F)=C2)Sc2ccccc21)=C(Cl)\C=C/C. The van der Waals surface area contributed by atoms with E-state index in [9.17, 15) is 18.0 Å². The number of amides is 2. The molecule has 29 heavy (non-hydrogen) atoms. The van der Waals surface area contributed by atoms with Crippen LogP contribution in [0, 0.1) is 0 Å². The first-order chi connectivity index (χ1) is 13.8. The van der Waals surface area contributed by atoms with Crippen molar-refractivity contribution < 1.29 is 18.0 Å². The van der Waals surface area contributed by atoms with Crippen LogP contribution in [0.5, 0.6) is 0 Å². The summed E-state index contributed by atoms with van der Waals surface area (Å²) in [5.41, 5.74) is 0.399. The van der Waals surface area contributed by atoms with Gasteiger partial charge in [-0.05, 0) is 43.2 Å². The summed E-state index contributed by atoms with van der Waals surface area (Å²) in [5, 5.41) is 0.101. The molecule has 1 aliphatic heterocycles. The van der Waals surface area contributed by atoms with Crippen molar-refractivity contribution >= 4 is 35.3 Å². The molecule has 0 unspecified atom stereocenters. The van der Waals surface area contributed by atoms with Gasteiger partial charge in [0.1, 0.15) is 17.5 Å². The summed E-state index contributed by atoms with van der Waals surface area (Å²) in [6.07, 6.45) is 3.98. The zero-order chi connectivity index (χ0) is 21.1. The van der Waals surface area contributed by atoms with Crippen molar-refractivity contribution in [3.05, 3.63) is 82.9 Å². The fourth-order valence-corrected chi connectivity index (χ4v) is 4.26. The van der Waals surface area contributed by atoms with Gasteiger partial charge in [0.05, 0.1) is 22.8 Å². The number of fused-ring (bicyclic) bond motifs is 1. The second kappa shape index (κ2) is 8.97. The van der Waals surface area contributed by atoms with Gasteiger partial charge in [0.2, 0.25) is 0 Å². The van der Waals surface area contributed by atoms with Crippen LogP contribution in [0.2, 0.25) is 0 Å². The molecule has 0 radical (unpaired) electrons. The van der Waals surface area contributed by atoms with Crippen LogP contribution >= 0.6 is 23.5 Å². The molecular formula is C21H18ClF3N2OS. The van der Waals surface area contributed by atoms with E-state index in [4.69, 9.17) is 11.6 Å². The number of allylic oxidation sites excluding steroid dienone is 6. The fraction of sp³-hybridized carbons (Fsp3) is 0.190. The molecule has 0 N–H and O–H groups in total. The largest absolute Gasteiger partial charge is 0.339 e. The molecule has 1 heterocycles. The Labute approximate surface area is 176 Å². The van der Waals surface area contributed by atoms with Crippen molar-refractivity contribution in [3.8, 4) is 0 Å². The van der Waals surface area contributed by atoms with Crippen LogP contribution in [0.25, 0.3) is 0 Å². The van der Waals surface area contributed by atoms with Gasteiger partial charge in [0, 0.05) is 23.4 Å². The Bertz CT molecular complexity index is 984. The Balaban J connectivity index is 2.07.